The summed E-state index contributed by atoms with van der Waals surface area (Å²) >= 11 is 11.9. The summed E-state index contributed by atoms with van der Waals surface area (Å²) in [6.07, 6.45) is 5.50. The minimum atomic E-state index is 0.0227. The van der Waals surface area contributed by atoms with Crippen molar-refractivity contribution in [3.63, 3.8) is 0 Å². The zero-order valence-corrected chi connectivity index (χ0v) is 12.1. The van der Waals surface area contributed by atoms with Crippen LogP contribution in [0.1, 0.15) is 19.8 Å². The van der Waals surface area contributed by atoms with Crippen LogP contribution in [0.2, 0.25) is 10.3 Å². The van der Waals surface area contributed by atoms with E-state index in [0.29, 0.717) is 16.0 Å². The van der Waals surface area contributed by atoms with E-state index in [9.17, 15) is 4.79 Å². The van der Waals surface area contributed by atoms with Crippen LogP contribution in [-0.2, 0) is 4.79 Å². The first-order valence-electron chi connectivity index (χ1n) is 6.01. The third-order valence-corrected chi connectivity index (χ3v) is 3.34. The number of pyridine rings is 1. The van der Waals surface area contributed by atoms with Gasteiger partial charge < -0.3 is 5.32 Å². The second-order valence-corrected chi connectivity index (χ2v) is 5.21. The summed E-state index contributed by atoms with van der Waals surface area (Å²) in [5.41, 5.74) is 0.526. The molecular weight excluding hydrogens is 283 g/mol. The Morgan fingerprint density at radius 1 is 1.53 bits per heavy atom. The van der Waals surface area contributed by atoms with E-state index in [1.807, 2.05) is 13.0 Å². The molecule has 0 aliphatic heterocycles. The standard InChI is InChI=1S/C14H14Cl2N2O/c1-3-11-10(7-12(15)18-13(11)16)6-8(2)17-14(19)9-4-5-9/h3,6-7,9H,2,4-5H2,1H3,(H,17,19)/b10-6-,11-3+. The van der Waals surface area contributed by atoms with Gasteiger partial charge in [0.1, 0.15) is 10.3 Å². The van der Waals surface area contributed by atoms with Crippen LogP contribution in [0.15, 0.2) is 18.3 Å². The van der Waals surface area contributed by atoms with Crippen molar-refractivity contribution in [3.8, 4) is 0 Å². The number of nitrogens with one attached hydrogen (secondary N) is 1. The zero-order chi connectivity index (χ0) is 14.0. The summed E-state index contributed by atoms with van der Waals surface area (Å²) in [7, 11) is 0. The fraction of sp³-hybridized carbons (Fsp3) is 0.286. The molecule has 0 atom stereocenters. The van der Waals surface area contributed by atoms with Crippen molar-refractivity contribution >= 4 is 41.3 Å². The molecule has 0 saturated heterocycles. The van der Waals surface area contributed by atoms with Crippen molar-refractivity contribution < 1.29 is 4.79 Å². The van der Waals surface area contributed by atoms with E-state index in [4.69, 9.17) is 23.2 Å². The average molecular weight is 297 g/mol. The molecule has 1 aliphatic carbocycles. The van der Waals surface area contributed by atoms with Crippen LogP contribution < -0.4 is 15.8 Å². The van der Waals surface area contributed by atoms with E-state index in [2.05, 4.69) is 16.9 Å². The van der Waals surface area contributed by atoms with Crippen molar-refractivity contribution in [2.75, 3.05) is 0 Å². The first-order valence-corrected chi connectivity index (χ1v) is 6.76. The Labute approximate surface area is 121 Å². The Hall–Kier alpha value is -1.32. The van der Waals surface area contributed by atoms with E-state index in [1.54, 1.807) is 12.1 Å². The zero-order valence-electron chi connectivity index (χ0n) is 10.5. The molecule has 1 N–H and O–H groups in total. The molecule has 0 unspecified atom stereocenters. The lowest BCUT2D eigenvalue weighted by Crippen LogP contribution is -2.29. The third-order valence-electron chi connectivity index (χ3n) is 2.86. The monoisotopic (exact) mass is 296 g/mol. The number of rotatable bonds is 3. The maximum atomic E-state index is 11.6. The number of aromatic nitrogens is 1. The highest BCUT2D eigenvalue weighted by atomic mass is 35.5. The van der Waals surface area contributed by atoms with Crippen LogP contribution >= 0.6 is 23.2 Å². The molecule has 1 aliphatic rings. The highest BCUT2D eigenvalue weighted by Gasteiger charge is 2.29. The number of amides is 1. The van der Waals surface area contributed by atoms with Gasteiger partial charge in [-0.2, -0.15) is 0 Å². The predicted octanol–water partition coefficient (Wildman–Crippen LogP) is 2.01. The minimum Gasteiger partial charge on any atom is -0.326 e. The molecule has 100 valence electrons. The molecule has 0 aromatic carbocycles. The third kappa shape index (κ3) is 3.58. The summed E-state index contributed by atoms with van der Waals surface area (Å²) in [4.78, 5) is 15.6. The molecule has 1 amide bonds. The second-order valence-electron chi connectivity index (χ2n) is 4.46. The van der Waals surface area contributed by atoms with Gasteiger partial charge in [0.2, 0.25) is 5.91 Å². The normalized spacial score (nSPS) is 16.6. The molecule has 0 spiro atoms. The van der Waals surface area contributed by atoms with Gasteiger partial charge in [0, 0.05) is 16.8 Å². The number of nitrogens with zero attached hydrogens (tertiary/aromatic N) is 1. The van der Waals surface area contributed by atoms with Crippen LogP contribution in [0.4, 0.5) is 0 Å². The molecule has 1 saturated carbocycles. The fourth-order valence-electron chi connectivity index (χ4n) is 1.75. The van der Waals surface area contributed by atoms with Crippen LogP contribution in [0.3, 0.4) is 0 Å². The van der Waals surface area contributed by atoms with E-state index >= 15 is 0 Å². The molecule has 0 radical (unpaired) electrons. The van der Waals surface area contributed by atoms with Crippen molar-refractivity contribution in [1.82, 2.24) is 10.3 Å². The van der Waals surface area contributed by atoms with E-state index < -0.39 is 0 Å². The number of halogens is 2. The van der Waals surface area contributed by atoms with Gasteiger partial charge in [0.05, 0.1) is 0 Å². The Balaban J connectivity index is 2.32. The maximum Gasteiger partial charge on any atom is 0.227 e. The van der Waals surface area contributed by atoms with Gasteiger partial charge in [-0.15, -0.1) is 0 Å². The van der Waals surface area contributed by atoms with Gasteiger partial charge in [-0.25, -0.2) is 4.98 Å². The Kier molecular flexibility index (Phi) is 4.27. The topological polar surface area (TPSA) is 42.0 Å². The van der Waals surface area contributed by atoms with E-state index in [0.717, 1.165) is 23.3 Å². The highest BCUT2D eigenvalue weighted by Crippen LogP contribution is 2.28. The summed E-state index contributed by atoms with van der Waals surface area (Å²) in [5, 5.41) is 4.97. The molecule has 5 heteroatoms. The van der Waals surface area contributed by atoms with Gasteiger partial charge >= 0.3 is 0 Å². The van der Waals surface area contributed by atoms with Crippen LogP contribution in [0, 0.1) is 5.92 Å². The Morgan fingerprint density at radius 2 is 2.21 bits per heavy atom. The molecular formula is C14H14Cl2N2O. The molecule has 1 fully saturated rings. The first-order chi connectivity index (χ1) is 9.01. The minimum absolute atomic E-state index is 0.0227. The first kappa shape index (κ1) is 14.1. The Morgan fingerprint density at radius 3 is 2.79 bits per heavy atom. The molecule has 3 nitrogen and oxygen atoms in total. The average Bonchev–Trinajstić information content (AvgIpc) is 3.11. The van der Waals surface area contributed by atoms with Crippen LogP contribution in [0.5, 0.6) is 0 Å². The smallest absolute Gasteiger partial charge is 0.227 e. The second kappa shape index (κ2) is 5.76. The molecule has 1 aromatic rings. The SMILES string of the molecule is C=C(/C=c1/cc(Cl)nc(Cl)/c1=C/C)NC(=O)C1CC1. The van der Waals surface area contributed by atoms with Gasteiger partial charge in [-0.3, -0.25) is 4.79 Å². The van der Waals surface area contributed by atoms with Gasteiger partial charge in [0.15, 0.2) is 0 Å². The number of allylic oxidation sites excluding steroid dienone is 1. The van der Waals surface area contributed by atoms with Gasteiger partial charge in [-0.05, 0) is 37.1 Å². The molecule has 19 heavy (non-hydrogen) atoms. The van der Waals surface area contributed by atoms with Crippen LogP contribution in [0.25, 0.3) is 12.2 Å². The van der Waals surface area contributed by atoms with Crippen molar-refractivity contribution in [3.05, 3.63) is 39.1 Å². The lowest BCUT2D eigenvalue weighted by atomic mass is 10.2. The quantitative estimate of drug-likeness (QED) is 0.867. The predicted molar refractivity (Wildman–Crippen MR) is 78.1 cm³/mol. The van der Waals surface area contributed by atoms with Crippen molar-refractivity contribution in [2.45, 2.75) is 19.8 Å². The summed E-state index contributed by atoms with van der Waals surface area (Å²) < 4.78 is 0. The van der Waals surface area contributed by atoms with E-state index in [-0.39, 0.29) is 11.8 Å². The fourth-order valence-corrected chi connectivity index (χ4v) is 2.30. The number of hydrogen-bond acceptors (Lipinski definition) is 2. The molecule has 0 bridgehead atoms. The molecule has 1 heterocycles. The highest BCUT2D eigenvalue weighted by molar-refractivity contribution is 6.32. The van der Waals surface area contributed by atoms with Crippen molar-refractivity contribution in [1.29, 1.82) is 0 Å². The summed E-state index contributed by atoms with van der Waals surface area (Å²) in [6.45, 7) is 5.69. The summed E-state index contributed by atoms with van der Waals surface area (Å²) in [6, 6.07) is 1.69. The van der Waals surface area contributed by atoms with Crippen molar-refractivity contribution in [2.24, 2.45) is 5.92 Å². The van der Waals surface area contributed by atoms with Gasteiger partial charge in [-0.1, -0.05) is 35.9 Å². The number of carbonyl (C=O) groups is 1. The van der Waals surface area contributed by atoms with Crippen LogP contribution in [-0.4, -0.2) is 10.9 Å². The Bertz CT molecular complexity index is 648. The largest absolute Gasteiger partial charge is 0.326 e. The summed E-state index contributed by atoms with van der Waals surface area (Å²) in [5.74, 6) is 0.168. The lowest BCUT2D eigenvalue weighted by Gasteiger charge is -2.03. The lowest BCUT2D eigenvalue weighted by molar-refractivity contribution is -0.121. The number of carbonyl (C=O) groups excluding carboxylic acids is 1. The molecule has 1 aromatic heterocycles. The van der Waals surface area contributed by atoms with Gasteiger partial charge in [0.25, 0.3) is 0 Å². The molecule has 2 rings (SSSR count). The van der Waals surface area contributed by atoms with E-state index in [1.165, 1.54) is 0 Å². The number of hydrogen-bond donors (Lipinski definition) is 1. The maximum absolute atomic E-state index is 11.6.